The first kappa shape index (κ1) is 22.2. The molecule has 0 aliphatic carbocycles. The van der Waals surface area contributed by atoms with Crippen molar-refractivity contribution in [2.24, 2.45) is 11.8 Å². The average Bonchev–Trinajstić information content (AvgIpc) is 3.31. The Morgan fingerprint density at radius 1 is 1.12 bits per heavy atom. The third-order valence-electron chi connectivity index (χ3n) is 7.49. The number of rotatable bonds is 7. The maximum Gasteiger partial charge on any atom is 0.227 e. The number of carbonyl (C=O) groups is 1. The van der Waals surface area contributed by atoms with Crippen LogP contribution in [-0.4, -0.2) is 90.2 Å². The summed E-state index contributed by atoms with van der Waals surface area (Å²) in [7, 11) is 3.38. The lowest BCUT2D eigenvalue weighted by Gasteiger charge is -2.50. The highest BCUT2D eigenvalue weighted by Gasteiger charge is 2.44. The quantitative estimate of drug-likeness (QED) is 0.627. The number of hydrogen-bond donors (Lipinski definition) is 0. The second-order valence-electron chi connectivity index (χ2n) is 9.39. The highest BCUT2D eigenvalue weighted by molar-refractivity contribution is 5.80. The molecule has 4 atom stereocenters. The molecule has 33 heavy (non-hydrogen) atoms. The summed E-state index contributed by atoms with van der Waals surface area (Å²) in [6.45, 7) is 6.46. The molecule has 4 saturated heterocycles. The van der Waals surface area contributed by atoms with Crippen molar-refractivity contribution in [3.05, 3.63) is 36.2 Å². The molecule has 4 aliphatic heterocycles. The van der Waals surface area contributed by atoms with Crippen LogP contribution in [0.3, 0.4) is 0 Å². The van der Waals surface area contributed by atoms with E-state index in [1.54, 1.807) is 14.2 Å². The molecule has 5 heterocycles. The Morgan fingerprint density at radius 2 is 1.94 bits per heavy atom. The predicted molar refractivity (Wildman–Crippen MR) is 124 cm³/mol. The predicted octanol–water partition coefficient (Wildman–Crippen LogP) is 1.49. The Kier molecular flexibility index (Phi) is 6.50. The highest BCUT2D eigenvalue weighted by atomic mass is 16.5. The van der Waals surface area contributed by atoms with Crippen molar-refractivity contribution in [2.45, 2.75) is 32.0 Å². The van der Waals surface area contributed by atoms with Crippen LogP contribution in [0.4, 0.5) is 5.69 Å². The summed E-state index contributed by atoms with van der Waals surface area (Å²) < 4.78 is 12.6. The number of ether oxygens (including phenoxy) is 2. The Labute approximate surface area is 195 Å². The number of amides is 1. The fourth-order valence-electron chi connectivity index (χ4n) is 5.76. The van der Waals surface area contributed by atoms with E-state index in [-0.39, 0.29) is 5.92 Å². The molecule has 1 aromatic carbocycles. The van der Waals surface area contributed by atoms with Crippen LogP contribution < -0.4 is 9.64 Å². The minimum absolute atomic E-state index is 0.118. The minimum atomic E-state index is 0.118. The van der Waals surface area contributed by atoms with Crippen molar-refractivity contribution in [3.8, 4) is 5.75 Å². The maximum atomic E-state index is 13.5. The number of benzene rings is 1. The zero-order valence-electron chi connectivity index (χ0n) is 19.6. The highest BCUT2D eigenvalue weighted by Crippen LogP contribution is 2.38. The SMILES string of the molecule is COCc1cn(CC2CC3CCN2CC3C(=O)N2CCN(c3ccccc3OC)CC2)nn1. The summed E-state index contributed by atoms with van der Waals surface area (Å²) in [5.74, 6) is 1.81. The molecule has 4 unspecified atom stereocenters. The molecule has 4 aliphatic rings. The summed E-state index contributed by atoms with van der Waals surface area (Å²) in [6, 6.07) is 8.54. The van der Waals surface area contributed by atoms with Crippen LogP contribution in [0.2, 0.25) is 0 Å². The number of fused-ring (bicyclic) bond motifs is 3. The Bertz CT molecular complexity index is 957. The van der Waals surface area contributed by atoms with Gasteiger partial charge in [0.1, 0.15) is 11.4 Å². The summed E-state index contributed by atoms with van der Waals surface area (Å²) in [4.78, 5) is 20.4. The van der Waals surface area contributed by atoms with Crippen molar-refractivity contribution in [2.75, 3.05) is 58.4 Å². The molecular weight excluding hydrogens is 420 g/mol. The first-order valence-electron chi connectivity index (χ1n) is 11.9. The standard InChI is InChI=1S/C24H34N6O3/c1-32-17-19-14-30(26-25-19)15-20-13-18-7-8-29(20)16-21(18)24(31)28-11-9-27(10-12-28)22-5-3-4-6-23(22)33-2/h3-6,14,18,20-21H,7-13,15-17H2,1-2H3. The van der Waals surface area contributed by atoms with Gasteiger partial charge in [0.25, 0.3) is 0 Å². The van der Waals surface area contributed by atoms with E-state index >= 15 is 0 Å². The number of hydrogen-bond acceptors (Lipinski definition) is 7. The van der Waals surface area contributed by atoms with Gasteiger partial charge in [0.15, 0.2) is 0 Å². The van der Waals surface area contributed by atoms with Crippen LogP contribution in [-0.2, 0) is 22.7 Å². The molecule has 0 N–H and O–H groups in total. The van der Waals surface area contributed by atoms with Gasteiger partial charge in [0, 0.05) is 45.9 Å². The topological polar surface area (TPSA) is 76.0 Å². The van der Waals surface area contributed by atoms with Gasteiger partial charge in [-0.1, -0.05) is 17.3 Å². The second kappa shape index (κ2) is 9.69. The lowest BCUT2D eigenvalue weighted by atomic mass is 9.75. The summed E-state index contributed by atoms with van der Waals surface area (Å²) in [5.41, 5.74) is 1.97. The van der Waals surface area contributed by atoms with Gasteiger partial charge in [-0.2, -0.15) is 0 Å². The summed E-state index contributed by atoms with van der Waals surface area (Å²) >= 11 is 0. The van der Waals surface area contributed by atoms with Gasteiger partial charge in [0.05, 0.1) is 38.1 Å². The molecule has 178 valence electrons. The molecule has 4 fully saturated rings. The van der Waals surface area contributed by atoms with Gasteiger partial charge in [-0.05, 0) is 37.4 Å². The molecule has 0 saturated carbocycles. The maximum absolute atomic E-state index is 13.5. The van der Waals surface area contributed by atoms with Crippen molar-refractivity contribution in [1.29, 1.82) is 0 Å². The first-order chi connectivity index (χ1) is 16.2. The van der Waals surface area contributed by atoms with E-state index in [0.717, 1.165) is 75.8 Å². The van der Waals surface area contributed by atoms with Crippen LogP contribution in [0.5, 0.6) is 5.75 Å². The summed E-state index contributed by atoms with van der Waals surface area (Å²) in [6.07, 6.45) is 4.13. The van der Waals surface area contributed by atoms with Gasteiger partial charge >= 0.3 is 0 Å². The molecule has 0 spiro atoms. The summed E-state index contributed by atoms with van der Waals surface area (Å²) in [5, 5.41) is 8.43. The van der Waals surface area contributed by atoms with E-state index in [0.29, 0.717) is 24.5 Å². The third-order valence-corrected chi connectivity index (χ3v) is 7.49. The zero-order valence-corrected chi connectivity index (χ0v) is 19.6. The van der Waals surface area contributed by atoms with Crippen LogP contribution >= 0.6 is 0 Å². The van der Waals surface area contributed by atoms with E-state index in [9.17, 15) is 4.79 Å². The van der Waals surface area contributed by atoms with Crippen molar-refractivity contribution < 1.29 is 14.3 Å². The average molecular weight is 455 g/mol. The Balaban J connectivity index is 1.16. The monoisotopic (exact) mass is 454 g/mol. The fourth-order valence-corrected chi connectivity index (χ4v) is 5.76. The zero-order chi connectivity index (χ0) is 22.8. The number of anilines is 1. The van der Waals surface area contributed by atoms with Gasteiger partial charge in [-0.3, -0.25) is 14.4 Å². The molecule has 2 bridgehead atoms. The lowest BCUT2D eigenvalue weighted by molar-refractivity contribution is -0.144. The molecule has 2 aromatic rings. The van der Waals surface area contributed by atoms with E-state index in [4.69, 9.17) is 9.47 Å². The number of nitrogens with zero attached hydrogens (tertiary/aromatic N) is 6. The number of para-hydroxylation sites is 2. The van der Waals surface area contributed by atoms with Crippen LogP contribution in [0.1, 0.15) is 18.5 Å². The lowest BCUT2D eigenvalue weighted by Crippen LogP contribution is -2.60. The van der Waals surface area contributed by atoms with Gasteiger partial charge in [-0.15, -0.1) is 5.10 Å². The van der Waals surface area contributed by atoms with Gasteiger partial charge in [0.2, 0.25) is 5.91 Å². The molecule has 6 rings (SSSR count). The van der Waals surface area contributed by atoms with Crippen molar-refractivity contribution in [3.63, 3.8) is 0 Å². The molecule has 9 heteroatoms. The largest absolute Gasteiger partial charge is 0.495 e. The Hall–Kier alpha value is -2.65. The third kappa shape index (κ3) is 4.56. The molecular formula is C24H34N6O3. The first-order valence-corrected chi connectivity index (χ1v) is 11.9. The fraction of sp³-hybridized carbons (Fsp3) is 0.625. The molecule has 1 amide bonds. The van der Waals surface area contributed by atoms with Gasteiger partial charge < -0.3 is 19.3 Å². The second-order valence-corrected chi connectivity index (χ2v) is 9.39. The van der Waals surface area contributed by atoms with E-state index < -0.39 is 0 Å². The van der Waals surface area contributed by atoms with Crippen molar-refractivity contribution in [1.82, 2.24) is 24.8 Å². The number of piperazine rings is 1. The van der Waals surface area contributed by atoms with Crippen LogP contribution in [0.25, 0.3) is 0 Å². The molecule has 9 nitrogen and oxygen atoms in total. The normalized spacial score (nSPS) is 27.1. The van der Waals surface area contributed by atoms with Crippen LogP contribution in [0.15, 0.2) is 30.5 Å². The number of carbonyl (C=O) groups excluding carboxylic acids is 1. The van der Waals surface area contributed by atoms with Gasteiger partial charge in [-0.25, -0.2) is 0 Å². The molecule has 0 radical (unpaired) electrons. The van der Waals surface area contributed by atoms with E-state index in [1.807, 2.05) is 29.1 Å². The van der Waals surface area contributed by atoms with Crippen molar-refractivity contribution >= 4 is 11.6 Å². The van der Waals surface area contributed by atoms with E-state index in [2.05, 4.69) is 31.1 Å². The number of methoxy groups -OCH3 is 2. The van der Waals surface area contributed by atoms with Crippen LogP contribution in [0, 0.1) is 11.8 Å². The Morgan fingerprint density at radius 3 is 2.67 bits per heavy atom. The smallest absolute Gasteiger partial charge is 0.227 e. The minimum Gasteiger partial charge on any atom is -0.495 e. The number of aromatic nitrogens is 3. The molecule has 1 aromatic heterocycles. The number of piperidine rings is 3. The van der Waals surface area contributed by atoms with E-state index in [1.165, 1.54) is 0 Å².